The van der Waals surface area contributed by atoms with Crippen LogP contribution in [0.5, 0.6) is 0 Å². The van der Waals surface area contributed by atoms with Crippen molar-refractivity contribution >= 4 is 5.97 Å². The average Bonchev–Trinajstić information content (AvgIpc) is 2.27. The van der Waals surface area contributed by atoms with Crippen LogP contribution in [0.25, 0.3) is 0 Å². The van der Waals surface area contributed by atoms with E-state index in [1.807, 2.05) is 6.08 Å². The molecule has 0 saturated carbocycles. The van der Waals surface area contributed by atoms with Crippen LogP contribution in [0.1, 0.15) is 33.1 Å². The Bertz CT molecular complexity index is 401. The molecule has 0 spiro atoms. The van der Waals surface area contributed by atoms with E-state index in [2.05, 4.69) is 32.1 Å². The molecule has 0 aromatic heterocycles. The Hall–Kier alpha value is -1.31. The largest absolute Gasteiger partial charge is 0.481 e. The zero-order valence-corrected chi connectivity index (χ0v) is 10.5. The highest BCUT2D eigenvalue weighted by molar-refractivity contribution is 5.69. The highest BCUT2D eigenvalue weighted by Gasteiger charge is 2.27. The smallest absolute Gasteiger partial charge is 0.307 e. The van der Waals surface area contributed by atoms with E-state index in [1.165, 1.54) is 17.6 Å². The second kappa shape index (κ2) is 4.91. The third-order valence-electron chi connectivity index (χ3n) is 3.81. The SMILES string of the molecule is CC1C=C2C=CC(C)C(=CCC(=O)O)C2CC1. The van der Waals surface area contributed by atoms with Crippen LogP contribution in [0.4, 0.5) is 0 Å². The van der Waals surface area contributed by atoms with Crippen molar-refractivity contribution in [3.05, 3.63) is 35.5 Å². The molecule has 0 aromatic rings. The van der Waals surface area contributed by atoms with E-state index in [-0.39, 0.29) is 6.42 Å². The quantitative estimate of drug-likeness (QED) is 0.739. The molecule has 0 aromatic carbocycles. The van der Waals surface area contributed by atoms with E-state index in [1.54, 1.807) is 0 Å². The normalized spacial score (nSPS) is 34.4. The lowest BCUT2D eigenvalue weighted by Crippen LogP contribution is -2.21. The van der Waals surface area contributed by atoms with Gasteiger partial charge in [-0.15, -0.1) is 0 Å². The van der Waals surface area contributed by atoms with Crippen LogP contribution in [0.15, 0.2) is 35.5 Å². The molecule has 2 heteroatoms. The molecule has 0 saturated heterocycles. The molecule has 3 unspecified atom stereocenters. The number of carboxylic acids is 1. The Morgan fingerprint density at radius 1 is 1.47 bits per heavy atom. The van der Waals surface area contributed by atoms with Gasteiger partial charge in [0.25, 0.3) is 0 Å². The van der Waals surface area contributed by atoms with Crippen molar-refractivity contribution < 1.29 is 9.90 Å². The van der Waals surface area contributed by atoms with Crippen LogP contribution in [-0.4, -0.2) is 11.1 Å². The number of aliphatic carboxylic acids is 1. The minimum absolute atomic E-state index is 0.146. The fourth-order valence-corrected chi connectivity index (χ4v) is 2.87. The molecule has 0 radical (unpaired) electrons. The topological polar surface area (TPSA) is 37.3 Å². The molecule has 0 fully saturated rings. The van der Waals surface area contributed by atoms with E-state index in [4.69, 9.17) is 5.11 Å². The molecular weight excluding hydrogens is 212 g/mol. The lowest BCUT2D eigenvalue weighted by Gasteiger charge is -2.33. The average molecular weight is 232 g/mol. The minimum atomic E-state index is -0.742. The minimum Gasteiger partial charge on any atom is -0.481 e. The Kier molecular flexibility index (Phi) is 3.51. The van der Waals surface area contributed by atoms with Crippen molar-refractivity contribution in [2.24, 2.45) is 17.8 Å². The maximum absolute atomic E-state index is 10.7. The maximum Gasteiger partial charge on any atom is 0.307 e. The van der Waals surface area contributed by atoms with Gasteiger partial charge in [-0.1, -0.05) is 43.7 Å². The first kappa shape index (κ1) is 12.2. The molecular formula is C15H20O2. The second-order valence-corrected chi connectivity index (χ2v) is 5.22. The number of hydrogen-bond donors (Lipinski definition) is 1. The van der Waals surface area contributed by atoms with Crippen LogP contribution in [0.2, 0.25) is 0 Å². The van der Waals surface area contributed by atoms with Crippen LogP contribution in [0.3, 0.4) is 0 Å². The molecule has 2 aliphatic rings. The van der Waals surface area contributed by atoms with E-state index in [0.29, 0.717) is 17.8 Å². The van der Waals surface area contributed by atoms with Crippen molar-refractivity contribution in [2.45, 2.75) is 33.1 Å². The first-order valence-electron chi connectivity index (χ1n) is 6.39. The van der Waals surface area contributed by atoms with Gasteiger partial charge in [0.2, 0.25) is 0 Å². The second-order valence-electron chi connectivity index (χ2n) is 5.22. The van der Waals surface area contributed by atoms with E-state index in [0.717, 1.165) is 6.42 Å². The number of rotatable bonds is 2. The number of allylic oxidation sites excluding steroid dienone is 5. The van der Waals surface area contributed by atoms with Crippen molar-refractivity contribution in [3.63, 3.8) is 0 Å². The monoisotopic (exact) mass is 232 g/mol. The lowest BCUT2D eigenvalue weighted by molar-refractivity contribution is -0.136. The Balaban J connectivity index is 2.27. The van der Waals surface area contributed by atoms with Gasteiger partial charge < -0.3 is 5.11 Å². The molecule has 0 aliphatic heterocycles. The van der Waals surface area contributed by atoms with Crippen molar-refractivity contribution in [1.82, 2.24) is 0 Å². The molecule has 92 valence electrons. The van der Waals surface area contributed by atoms with Gasteiger partial charge in [0.1, 0.15) is 0 Å². The zero-order chi connectivity index (χ0) is 12.4. The number of carboxylic acid groups (broad SMARTS) is 1. The lowest BCUT2D eigenvalue weighted by atomic mass is 9.71. The molecule has 2 aliphatic carbocycles. The van der Waals surface area contributed by atoms with E-state index in [9.17, 15) is 4.79 Å². The molecule has 0 heterocycles. The van der Waals surface area contributed by atoms with E-state index >= 15 is 0 Å². The van der Waals surface area contributed by atoms with Gasteiger partial charge in [0.15, 0.2) is 0 Å². The first-order chi connectivity index (χ1) is 8.08. The summed E-state index contributed by atoms with van der Waals surface area (Å²) in [5, 5.41) is 8.79. The van der Waals surface area contributed by atoms with Crippen LogP contribution >= 0.6 is 0 Å². The summed E-state index contributed by atoms with van der Waals surface area (Å²) in [7, 11) is 0. The summed E-state index contributed by atoms with van der Waals surface area (Å²) in [5.74, 6) is 0.754. The molecule has 1 N–H and O–H groups in total. The number of carbonyl (C=O) groups is 1. The fraction of sp³-hybridized carbons (Fsp3) is 0.533. The molecule has 2 nitrogen and oxygen atoms in total. The summed E-state index contributed by atoms with van der Waals surface area (Å²) >= 11 is 0. The first-order valence-corrected chi connectivity index (χ1v) is 6.39. The van der Waals surface area contributed by atoms with Gasteiger partial charge in [-0.3, -0.25) is 4.79 Å². The van der Waals surface area contributed by atoms with Crippen LogP contribution in [-0.2, 0) is 4.79 Å². The summed E-state index contributed by atoms with van der Waals surface area (Å²) in [5.41, 5.74) is 2.69. The molecule has 17 heavy (non-hydrogen) atoms. The molecule has 3 atom stereocenters. The summed E-state index contributed by atoms with van der Waals surface area (Å²) in [6, 6.07) is 0. The fourth-order valence-electron chi connectivity index (χ4n) is 2.87. The van der Waals surface area contributed by atoms with Crippen molar-refractivity contribution in [2.75, 3.05) is 0 Å². The van der Waals surface area contributed by atoms with Gasteiger partial charge in [0, 0.05) is 5.92 Å². The van der Waals surface area contributed by atoms with Crippen LogP contribution in [0, 0.1) is 17.8 Å². The van der Waals surface area contributed by atoms with Crippen LogP contribution < -0.4 is 0 Å². The third-order valence-corrected chi connectivity index (χ3v) is 3.81. The number of hydrogen-bond acceptors (Lipinski definition) is 1. The Labute approximate surface area is 103 Å². The summed E-state index contributed by atoms with van der Waals surface area (Å²) in [6.45, 7) is 4.40. The van der Waals surface area contributed by atoms with Crippen molar-refractivity contribution in [1.29, 1.82) is 0 Å². The molecule has 0 amide bonds. The van der Waals surface area contributed by atoms with Gasteiger partial charge in [0.05, 0.1) is 6.42 Å². The van der Waals surface area contributed by atoms with Gasteiger partial charge in [-0.2, -0.15) is 0 Å². The molecule has 2 rings (SSSR count). The van der Waals surface area contributed by atoms with Gasteiger partial charge in [-0.05, 0) is 30.3 Å². The highest BCUT2D eigenvalue weighted by Crippen LogP contribution is 2.40. The zero-order valence-electron chi connectivity index (χ0n) is 10.5. The van der Waals surface area contributed by atoms with E-state index < -0.39 is 5.97 Å². The number of fused-ring (bicyclic) bond motifs is 1. The Morgan fingerprint density at radius 2 is 2.24 bits per heavy atom. The Morgan fingerprint density at radius 3 is 2.94 bits per heavy atom. The summed E-state index contributed by atoms with van der Waals surface area (Å²) in [6.07, 6.45) is 11.2. The molecule has 0 bridgehead atoms. The predicted molar refractivity (Wildman–Crippen MR) is 68.6 cm³/mol. The third kappa shape index (κ3) is 2.68. The van der Waals surface area contributed by atoms with Gasteiger partial charge in [-0.25, -0.2) is 0 Å². The maximum atomic E-state index is 10.7. The predicted octanol–water partition coefficient (Wildman–Crippen LogP) is 3.57. The van der Waals surface area contributed by atoms with Gasteiger partial charge >= 0.3 is 5.97 Å². The van der Waals surface area contributed by atoms with Crippen molar-refractivity contribution in [3.8, 4) is 0 Å². The standard InChI is InChI=1S/C15H20O2/c1-10-3-6-14-12(9-10)5-4-11(2)13(14)7-8-15(16)17/h4-5,7,9-11,14H,3,6,8H2,1-2H3,(H,16,17). The highest BCUT2D eigenvalue weighted by atomic mass is 16.4. The summed E-state index contributed by atoms with van der Waals surface area (Å²) < 4.78 is 0. The summed E-state index contributed by atoms with van der Waals surface area (Å²) in [4.78, 5) is 10.7.